The molecule has 0 radical (unpaired) electrons. The summed E-state index contributed by atoms with van der Waals surface area (Å²) in [6, 6.07) is 9.22. The highest BCUT2D eigenvalue weighted by atomic mass is 16.4. The molecule has 0 aliphatic rings. The highest BCUT2D eigenvalue weighted by Gasteiger charge is 2.45. The third-order valence-corrected chi connectivity index (χ3v) is 3.18. The van der Waals surface area contributed by atoms with Crippen LogP contribution in [0.3, 0.4) is 0 Å². The normalized spacial score (nSPS) is 16.8. The van der Waals surface area contributed by atoms with Gasteiger partial charge in [0.1, 0.15) is 0 Å². The van der Waals surface area contributed by atoms with Gasteiger partial charge in [-0.2, -0.15) is 0 Å². The van der Waals surface area contributed by atoms with E-state index in [0.717, 1.165) is 5.56 Å². The fourth-order valence-corrected chi connectivity index (χ4v) is 1.93. The summed E-state index contributed by atoms with van der Waals surface area (Å²) in [6.45, 7) is 5.17. The van der Waals surface area contributed by atoms with E-state index in [0.29, 0.717) is 0 Å². The van der Waals surface area contributed by atoms with E-state index in [-0.39, 0.29) is 5.92 Å². The molecule has 16 heavy (non-hydrogen) atoms. The van der Waals surface area contributed by atoms with Gasteiger partial charge in [0.15, 0.2) is 5.60 Å². The number of aliphatic hydroxyl groups is 1. The first kappa shape index (κ1) is 12.7. The summed E-state index contributed by atoms with van der Waals surface area (Å²) in [5.74, 6) is -1.95. The quantitative estimate of drug-likeness (QED) is 0.821. The molecular formula is C13H18O3. The van der Waals surface area contributed by atoms with Crippen molar-refractivity contribution in [3.63, 3.8) is 0 Å². The monoisotopic (exact) mass is 222 g/mol. The number of hydrogen-bond donors (Lipinski definition) is 2. The van der Waals surface area contributed by atoms with Gasteiger partial charge >= 0.3 is 5.97 Å². The first-order chi connectivity index (χ1) is 7.40. The van der Waals surface area contributed by atoms with Gasteiger partial charge in [-0.25, -0.2) is 4.79 Å². The molecule has 2 N–H and O–H groups in total. The van der Waals surface area contributed by atoms with Crippen LogP contribution in [0.2, 0.25) is 0 Å². The average molecular weight is 222 g/mol. The van der Waals surface area contributed by atoms with E-state index < -0.39 is 17.5 Å². The second kappa shape index (κ2) is 4.66. The van der Waals surface area contributed by atoms with Crippen LogP contribution in [0.4, 0.5) is 0 Å². The molecule has 1 rings (SSSR count). The summed E-state index contributed by atoms with van der Waals surface area (Å²) in [5.41, 5.74) is -0.887. The van der Waals surface area contributed by atoms with Gasteiger partial charge in [0, 0.05) is 5.92 Å². The largest absolute Gasteiger partial charge is 0.479 e. The molecule has 0 bridgehead atoms. The Balaban J connectivity index is 3.11. The Labute approximate surface area is 95.7 Å². The lowest BCUT2D eigenvalue weighted by molar-refractivity contribution is -0.166. The molecule has 1 aromatic carbocycles. The van der Waals surface area contributed by atoms with Crippen molar-refractivity contribution in [2.45, 2.75) is 32.3 Å². The van der Waals surface area contributed by atoms with Gasteiger partial charge in [-0.3, -0.25) is 0 Å². The van der Waals surface area contributed by atoms with Crippen LogP contribution in [0.15, 0.2) is 30.3 Å². The molecule has 3 heteroatoms. The van der Waals surface area contributed by atoms with E-state index in [1.54, 1.807) is 20.8 Å². The predicted molar refractivity (Wildman–Crippen MR) is 62.3 cm³/mol. The maximum atomic E-state index is 11.2. The Morgan fingerprint density at radius 3 is 2.06 bits per heavy atom. The van der Waals surface area contributed by atoms with Crippen LogP contribution in [0.5, 0.6) is 0 Å². The number of carboxylic acids is 1. The minimum atomic E-state index is -1.72. The van der Waals surface area contributed by atoms with Crippen LogP contribution in [0, 0.1) is 5.92 Å². The average Bonchev–Trinajstić information content (AvgIpc) is 2.27. The number of benzene rings is 1. The highest BCUT2D eigenvalue weighted by molar-refractivity contribution is 5.79. The molecule has 0 aromatic heterocycles. The summed E-state index contributed by atoms with van der Waals surface area (Å²) in [4.78, 5) is 11.2. The maximum absolute atomic E-state index is 11.2. The van der Waals surface area contributed by atoms with Gasteiger partial charge in [0.2, 0.25) is 0 Å². The standard InChI is InChI=1S/C13H18O3/c1-9(2)13(16,12(14)15)10(3)11-7-5-4-6-8-11/h4-10,16H,1-3H3,(H,14,15). The van der Waals surface area contributed by atoms with Crippen molar-refractivity contribution in [3.05, 3.63) is 35.9 Å². The number of rotatable bonds is 4. The maximum Gasteiger partial charge on any atom is 0.336 e. The molecule has 88 valence electrons. The molecule has 0 fully saturated rings. The first-order valence-corrected chi connectivity index (χ1v) is 5.41. The minimum absolute atomic E-state index is 0.347. The third kappa shape index (κ3) is 2.09. The molecular weight excluding hydrogens is 204 g/mol. The van der Waals surface area contributed by atoms with Crippen LogP contribution in [0.25, 0.3) is 0 Å². The van der Waals surface area contributed by atoms with Crippen molar-refractivity contribution in [2.75, 3.05) is 0 Å². The Bertz CT molecular complexity index is 359. The van der Waals surface area contributed by atoms with Crippen molar-refractivity contribution < 1.29 is 15.0 Å². The van der Waals surface area contributed by atoms with Crippen LogP contribution >= 0.6 is 0 Å². The second-order valence-corrected chi connectivity index (χ2v) is 4.42. The number of hydrogen-bond acceptors (Lipinski definition) is 2. The second-order valence-electron chi connectivity index (χ2n) is 4.42. The molecule has 2 unspecified atom stereocenters. The number of carbonyl (C=O) groups is 1. The van der Waals surface area contributed by atoms with Crippen LogP contribution in [-0.4, -0.2) is 21.8 Å². The van der Waals surface area contributed by atoms with E-state index in [2.05, 4.69) is 0 Å². The minimum Gasteiger partial charge on any atom is -0.479 e. The summed E-state index contributed by atoms with van der Waals surface area (Å²) < 4.78 is 0. The van der Waals surface area contributed by atoms with E-state index >= 15 is 0 Å². The van der Waals surface area contributed by atoms with Gasteiger partial charge in [0.25, 0.3) is 0 Å². The van der Waals surface area contributed by atoms with E-state index in [9.17, 15) is 15.0 Å². The van der Waals surface area contributed by atoms with Crippen LogP contribution < -0.4 is 0 Å². The molecule has 0 spiro atoms. The molecule has 0 amide bonds. The van der Waals surface area contributed by atoms with Gasteiger partial charge < -0.3 is 10.2 Å². The number of aliphatic carboxylic acids is 1. The topological polar surface area (TPSA) is 57.5 Å². The summed E-state index contributed by atoms with van der Waals surface area (Å²) in [5, 5.41) is 19.5. The van der Waals surface area contributed by atoms with Gasteiger partial charge in [-0.05, 0) is 11.5 Å². The lowest BCUT2D eigenvalue weighted by Crippen LogP contribution is -2.48. The summed E-state index contributed by atoms with van der Waals surface area (Å²) >= 11 is 0. The van der Waals surface area contributed by atoms with Crippen molar-refractivity contribution in [1.29, 1.82) is 0 Å². The van der Waals surface area contributed by atoms with Gasteiger partial charge in [-0.15, -0.1) is 0 Å². The van der Waals surface area contributed by atoms with Crippen LogP contribution in [-0.2, 0) is 4.79 Å². The fraction of sp³-hybridized carbons (Fsp3) is 0.462. The molecule has 0 aliphatic heterocycles. The van der Waals surface area contributed by atoms with Gasteiger partial charge in [-0.1, -0.05) is 51.1 Å². The van der Waals surface area contributed by atoms with Crippen molar-refractivity contribution in [2.24, 2.45) is 5.92 Å². The smallest absolute Gasteiger partial charge is 0.336 e. The van der Waals surface area contributed by atoms with E-state index in [4.69, 9.17) is 0 Å². The molecule has 0 aliphatic carbocycles. The lowest BCUT2D eigenvalue weighted by Gasteiger charge is -2.33. The van der Waals surface area contributed by atoms with Crippen molar-refractivity contribution in [3.8, 4) is 0 Å². The Morgan fingerprint density at radius 1 is 1.19 bits per heavy atom. The molecule has 1 aromatic rings. The molecule has 0 saturated carbocycles. The summed E-state index contributed by atoms with van der Waals surface area (Å²) in [7, 11) is 0. The zero-order valence-corrected chi connectivity index (χ0v) is 9.84. The SMILES string of the molecule is CC(C)C(O)(C(=O)O)C(C)c1ccccc1. The first-order valence-electron chi connectivity index (χ1n) is 5.41. The highest BCUT2D eigenvalue weighted by Crippen LogP contribution is 2.34. The van der Waals surface area contributed by atoms with Crippen molar-refractivity contribution >= 4 is 5.97 Å². The molecule has 3 nitrogen and oxygen atoms in total. The summed E-state index contributed by atoms with van der Waals surface area (Å²) in [6.07, 6.45) is 0. The van der Waals surface area contributed by atoms with Gasteiger partial charge in [0.05, 0.1) is 0 Å². The van der Waals surface area contributed by atoms with E-state index in [1.807, 2.05) is 30.3 Å². The molecule has 0 heterocycles. The fourth-order valence-electron chi connectivity index (χ4n) is 1.93. The zero-order chi connectivity index (χ0) is 12.3. The molecule has 0 saturated heterocycles. The van der Waals surface area contributed by atoms with Crippen molar-refractivity contribution in [1.82, 2.24) is 0 Å². The lowest BCUT2D eigenvalue weighted by atomic mass is 9.76. The Kier molecular flexibility index (Phi) is 3.70. The zero-order valence-electron chi connectivity index (χ0n) is 9.84. The Morgan fingerprint density at radius 2 is 1.69 bits per heavy atom. The van der Waals surface area contributed by atoms with Crippen LogP contribution in [0.1, 0.15) is 32.3 Å². The number of carboxylic acid groups (broad SMARTS) is 1. The Hall–Kier alpha value is -1.35. The third-order valence-electron chi connectivity index (χ3n) is 3.18. The predicted octanol–water partition coefficient (Wildman–Crippen LogP) is 2.26. The van der Waals surface area contributed by atoms with E-state index in [1.165, 1.54) is 0 Å². The molecule has 2 atom stereocenters.